The first-order chi connectivity index (χ1) is 7.56. The lowest BCUT2D eigenvalue weighted by molar-refractivity contribution is 0.210. The largest absolute Gasteiger partial charge is 0.383 e. The van der Waals surface area contributed by atoms with E-state index >= 15 is 0 Å². The maximum Gasteiger partial charge on any atom is 0.151 e. The summed E-state index contributed by atoms with van der Waals surface area (Å²) in [6.07, 6.45) is 1.19. The molecule has 1 aliphatic rings. The standard InChI is InChI=1S/C12H21N3O/c1-8-7-12(2,3)9-10(8)14-15-11(9)13-5-6-16-4/h8H,5-7H2,1-4H3,(H2,13,14,15). The molecule has 2 rings (SSSR count). The molecule has 0 amide bonds. The molecular weight excluding hydrogens is 202 g/mol. The first-order valence-electron chi connectivity index (χ1n) is 5.88. The molecule has 16 heavy (non-hydrogen) atoms. The molecule has 1 heterocycles. The molecular formula is C12H21N3O. The van der Waals surface area contributed by atoms with Gasteiger partial charge in [0.2, 0.25) is 0 Å². The predicted octanol–water partition coefficient (Wildman–Crippen LogP) is 2.25. The van der Waals surface area contributed by atoms with Crippen molar-refractivity contribution in [2.75, 3.05) is 25.6 Å². The lowest BCUT2D eigenvalue weighted by Gasteiger charge is -2.19. The Morgan fingerprint density at radius 2 is 2.31 bits per heavy atom. The van der Waals surface area contributed by atoms with Gasteiger partial charge in [-0.25, -0.2) is 0 Å². The minimum Gasteiger partial charge on any atom is -0.383 e. The van der Waals surface area contributed by atoms with Crippen LogP contribution in [0.15, 0.2) is 0 Å². The Hall–Kier alpha value is -1.03. The molecule has 0 fully saturated rings. The number of aromatic amines is 1. The number of fused-ring (bicyclic) bond motifs is 1. The molecule has 0 bridgehead atoms. The van der Waals surface area contributed by atoms with Gasteiger partial charge in [0.05, 0.1) is 6.61 Å². The van der Waals surface area contributed by atoms with Gasteiger partial charge >= 0.3 is 0 Å². The summed E-state index contributed by atoms with van der Waals surface area (Å²) >= 11 is 0. The SMILES string of the molecule is COCCNc1n[nH]c2c1C(C)(C)CC2C. The van der Waals surface area contributed by atoms with Crippen LogP contribution in [-0.2, 0) is 10.2 Å². The summed E-state index contributed by atoms with van der Waals surface area (Å²) in [6.45, 7) is 8.33. The Morgan fingerprint density at radius 3 is 3.00 bits per heavy atom. The molecule has 0 saturated carbocycles. The van der Waals surface area contributed by atoms with Crippen LogP contribution in [0.1, 0.15) is 44.4 Å². The maximum atomic E-state index is 5.03. The van der Waals surface area contributed by atoms with Crippen molar-refractivity contribution in [2.45, 2.75) is 38.5 Å². The van der Waals surface area contributed by atoms with Crippen LogP contribution < -0.4 is 5.32 Å². The van der Waals surface area contributed by atoms with E-state index in [2.05, 4.69) is 36.3 Å². The molecule has 1 aliphatic carbocycles. The highest BCUT2D eigenvalue weighted by Gasteiger charge is 2.39. The van der Waals surface area contributed by atoms with Crippen LogP contribution in [0.2, 0.25) is 0 Å². The molecule has 0 radical (unpaired) electrons. The first kappa shape index (κ1) is 11.5. The normalized spacial score (nSPS) is 22.1. The van der Waals surface area contributed by atoms with E-state index < -0.39 is 0 Å². The second-order valence-electron chi connectivity index (χ2n) is 5.27. The molecule has 1 unspecified atom stereocenters. The van der Waals surface area contributed by atoms with E-state index in [0.717, 1.165) is 12.4 Å². The van der Waals surface area contributed by atoms with Crippen molar-refractivity contribution in [3.8, 4) is 0 Å². The van der Waals surface area contributed by atoms with Gasteiger partial charge in [0.25, 0.3) is 0 Å². The fourth-order valence-electron chi connectivity index (χ4n) is 2.77. The van der Waals surface area contributed by atoms with Gasteiger partial charge < -0.3 is 10.1 Å². The Bertz CT molecular complexity index is 370. The molecule has 1 atom stereocenters. The van der Waals surface area contributed by atoms with Gasteiger partial charge in [-0.1, -0.05) is 20.8 Å². The van der Waals surface area contributed by atoms with E-state index in [0.29, 0.717) is 12.5 Å². The van der Waals surface area contributed by atoms with Crippen molar-refractivity contribution < 1.29 is 4.74 Å². The van der Waals surface area contributed by atoms with Gasteiger partial charge in [0.15, 0.2) is 5.82 Å². The Morgan fingerprint density at radius 1 is 1.56 bits per heavy atom. The topological polar surface area (TPSA) is 49.9 Å². The van der Waals surface area contributed by atoms with E-state index in [1.165, 1.54) is 17.7 Å². The van der Waals surface area contributed by atoms with Crippen molar-refractivity contribution in [1.29, 1.82) is 0 Å². The van der Waals surface area contributed by atoms with Crippen LogP contribution in [0.5, 0.6) is 0 Å². The number of nitrogens with one attached hydrogen (secondary N) is 2. The fraction of sp³-hybridized carbons (Fsp3) is 0.750. The summed E-state index contributed by atoms with van der Waals surface area (Å²) in [5.41, 5.74) is 2.87. The lowest BCUT2D eigenvalue weighted by Crippen LogP contribution is -2.16. The molecule has 1 aromatic rings. The highest BCUT2D eigenvalue weighted by molar-refractivity contribution is 5.54. The first-order valence-corrected chi connectivity index (χ1v) is 5.88. The van der Waals surface area contributed by atoms with Gasteiger partial charge in [0, 0.05) is 24.9 Å². The quantitative estimate of drug-likeness (QED) is 0.770. The molecule has 0 aromatic carbocycles. The lowest BCUT2D eigenvalue weighted by atomic mass is 9.86. The third-order valence-corrected chi connectivity index (χ3v) is 3.38. The van der Waals surface area contributed by atoms with Crippen molar-refractivity contribution in [3.05, 3.63) is 11.3 Å². The van der Waals surface area contributed by atoms with Crippen LogP contribution in [-0.4, -0.2) is 30.5 Å². The van der Waals surface area contributed by atoms with Gasteiger partial charge in [-0.15, -0.1) is 0 Å². The average molecular weight is 223 g/mol. The third-order valence-electron chi connectivity index (χ3n) is 3.38. The fourth-order valence-corrected chi connectivity index (χ4v) is 2.77. The zero-order valence-electron chi connectivity index (χ0n) is 10.6. The van der Waals surface area contributed by atoms with Gasteiger partial charge in [0.1, 0.15) is 0 Å². The molecule has 90 valence electrons. The third kappa shape index (κ3) is 1.82. The highest BCUT2D eigenvalue weighted by atomic mass is 16.5. The molecule has 1 aromatic heterocycles. The van der Waals surface area contributed by atoms with Gasteiger partial charge in [-0.3, -0.25) is 5.10 Å². The summed E-state index contributed by atoms with van der Waals surface area (Å²) in [5, 5.41) is 10.9. The smallest absolute Gasteiger partial charge is 0.151 e. The minimum absolute atomic E-state index is 0.219. The number of ether oxygens (including phenoxy) is 1. The number of methoxy groups -OCH3 is 1. The molecule has 2 N–H and O–H groups in total. The number of hydrogen-bond donors (Lipinski definition) is 2. The number of rotatable bonds is 4. The molecule has 4 heteroatoms. The van der Waals surface area contributed by atoms with Gasteiger partial charge in [-0.05, 0) is 17.8 Å². The van der Waals surface area contributed by atoms with E-state index in [1.807, 2.05) is 0 Å². The van der Waals surface area contributed by atoms with E-state index in [9.17, 15) is 0 Å². The van der Waals surface area contributed by atoms with E-state index in [4.69, 9.17) is 4.74 Å². The van der Waals surface area contributed by atoms with Crippen molar-refractivity contribution in [1.82, 2.24) is 10.2 Å². The Labute approximate surface area is 96.8 Å². The molecule has 0 aliphatic heterocycles. The number of hydrogen-bond acceptors (Lipinski definition) is 3. The van der Waals surface area contributed by atoms with Crippen molar-refractivity contribution in [2.24, 2.45) is 0 Å². The van der Waals surface area contributed by atoms with Crippen molar-refractivity contribution in [3.63, 3.8) is 0 Å². The highest BCUT2D eigenvalue weighted by Crippen LogP contribution is 2.47. The minimum atomic E-state index is 0.219. The van der Waals surface area contributed by atoms with Crippen LogP contribution in [0.3, 0.4) is 0 Å². The van der Waals surface area contributed by atoms with E-state index in [1.54, 1.807) is 7.11 Å². The Kier molecular flexibility index (Phi) is 2.93. The zero-order valence-corrected chi connectivity index (χ0v) is 10.6. The molecule has 4 nitrogen and oxygen atoms in total. The van der Waals surface area contributed by atoms with Crippen LogP contribution >= 0.6 is 0 Å². The van der Waals surface area contributed by atoms with E-state index in [-0.39, 0.29) is 5.41 Å². The summed E-state index contributed by atoms with van der Waals surface area (Å²) < 4.78 is 5.03. The van der Waals surface area contributed by atoms with Crippen LogP contribution in [0.25, 0.3) is 0 Å². The number of nitrogens with zero attached hydrogens (tertiary/aromatic N) is 1. The zero-order chi connectivity index (χ0) is 11.8. The predicted molar refractivity (Wildman–Crippen MR) is 65.0 cm³/mol. The van der Waals surface area contributed by atoms with Crippen LogP contribution in [0, 0.1) is 0 Å². The number of H-pyrrole nitrogens is 1. The molecule has 0 saturated heterocycles. The van der Waals surface area contributed by atoms with Crippen molar-refractivity contribution >= 4 is 5.82 Å². The summed E-state index contributed by atoms with van der Waals surface area (Å²) in [4.78, 5) is 0. The number of aromatic nitrogens is 2. The van der Waals surface area contributed by atoms with Crippen LogP contribution in [0.4, 0.5) is 5.82 Å². The monoisotopic (exact) mass is 223 g/mol. The Balaban J connectivity index is 2.20. The second-order valence-corrected chi connectivity index (χ2v) is 5.27. The van der Waals surface area contributed by atoms with Gasteiger partial charge in [-0.2, -0.15) is 5.10 Å². The maximum absolute atomic E-state index is 5.03. The summed E-state index contributed by atoms with van der Waals surface area (Å²) in [6, 6.07) is 0. The summed E-state index contributed by atoms with van der Waals surface area (Å²) in [7, 11) is 1.71. The summed E-state index contributed by atoms with van der Waals surface area (Å²) in [5.74, 6) is 1.58. The number of anilines is 1. The average Bonchev–Trinajstić information content (AvgIpc) is 2.70. The molecule has 0 spiro atoms. The second kappa shape index (κ2) is 4.09.